The molecule has 1 aromatic rings. The Morgan fingerprint density at radius 3 is 1.91 bits per heavy atom. The molecule has 7 heteroatoms. The molecule has 2 atom stereocenters. The van der Waals surface area contributed by atoms with Crippen LogP contribution in [0.1, 0.15) is 40.5 Å². The van der Waals surface area contributed by atoms with Gasteiger partial charge in [0.1, 0.15) is 0 Å². The smallest absolute Gasteiger partial charge is 0.232 e. The average Bonchev–Trinajstić information content (AvgIpc) is 2.55. The zero-order valence-electron chi connectivity index (χ0n) is 14.1. The summed E-state index contributed by atoms with van der Waals surface area (Å²) in [6, 6.07) is 0.660. The van der Waals surface area contributed by atoms with Gasteiger partial charge in [-0.1, -0.05) is 13.8 Å². The van der Waals surface area contributed by atoms with Gasteiger partial charge in [0.25, 0.3) is 0 Å². The van der Waals surface area contributed by atoms with E-state index in [-0.39, 0.29) is 0 Å². The largest absolute Gasteiger partial charge is 0.378 e. The number of ether oxygens (including phenoxy) is 1. The van der Waals surface area contributed by atoms with Gasteiger partial charge in [-0.2, -0.15) is 15.0 Å². The summed E-state index contributed by atoms with van der Waals surface area (Å²) in [5.41, 5.74) is 0. The van der Waals surface area contributed by atoms with Gasteiger partial charge in [-0.05, 0) is 26.7 Å². The first-order valence-corrected chi connectivity index (χ1v) is 8.24. The predicted molar refractivity (Wildman–Crippen MR) is 89.6 cm³/mol. The molecule has 1 aromatic heterocycles. The molecular weight excluding hydrogens is 280 g/mol. The maximum atomic E-state index is 5.40. The van der Waals surface area contributed by atoms with Gasteiger partial charge in [-0.25, -0.2) is 0 Å². The van der Waals surface area contributed by atoms with Crippen molar-refractivity contribution in [2.24, 2.45) is 0 Å². The zero-order valence-corrected chi connectivity index (χ0v) is 14.1. The van der Waals surface area contributed by atoms with Crippen molar-refractivity contribution >= 4 is 17.8 Å². The van der Waals surface area contributed by atoms with Gasteiger partial charge in [-0.15, -0.1) is 0 Å². The van der Waals surface area contributed by atoms with Gasteiger partial charge >= 0.3 is 0 Å². The number of hydrogen-bond acceptors (Lipinski definition) is 7. The van der Waals surface area contributed by atoms with Gasteiger partial charge < -0.3 is 20.3 Å². The summed E-state index contributed by atoms with van der Waals surface area (Å²) in [5, 5.41) is 6.69. The van der Waals surface area contributed by atoms with E-state index in [1.807, 2.05) is 0 Å². The zero-order chi connectivity index (χ0) is 15.9. The Morgan fingerprint density at radius 1 is 0.955 bits per heavy atom. The van der Waals surface area contributed by atoms with Crippen LogP contribution < -0.4 is 15.5 Å². The first kappa shape index (κ1) is 16.7. The highest BCUT2D eigenvalue weighted by molar-refractivity contribution is 5.44. The average molecular weight is 308 g/mol. The Kier molecular flexibility index (Phi) is 6.18. The van der Waals surface area contributed by atoms with E-state index in [0.29, 0.717) is 37.2 Å². The van der Waals surface area contributed by atoms with Crippen LogP contribution in [0.5, 0.6) is 0 Å². The van der Waals surface area contributed by atoms with E-state index in [1.165, 1.54) is 0 Å². The molecule has 7 nitrogen and oxygen atoms in total. The lowest BCUT2D eigenvalue weighted by Gasteiger charge is -2.27. The third-order valence-corrected chi connectivity index (χ3v) is 3.89. The lowest BCUT2D eigenvalue weighted by Crippen LogP contribution is -2.37. The number of rotatable bonds is 7. The molecule has 0 radical (unpaired) electrons. The fraction of sp³-hybridized carbons (Fsp3) is 0.800. The van der Waals surface area contributed by atoms with Gasteiger partial charge in [-0.3, -0.25) is 0 Å². The van der Waals surface area contributed by atoms with Crippen molar-refractivity contribution in [3.8, 4) is 0 Å². The van der Waals surface area contributed by atoms with Crippen LogP contribution in [0.25, 0.3) is 0 Å². The van der Waals surface area contributed by atoms with Crippen LogP contribution in [-0.2, 0) is 4.74 Å². The van der Waals surface area contributed by atoms with Crippen molar-refractivity contribution in [2.75, 3.05) is 41.8 Å². The third kappa shape index (κ3) is 4.69. The highest BCUT2D eigenvalue weighted by atomic mass is 16.5. The first-order chi connectivity index (χ1) is 10.6. The monoisotopic (exact) mass is 308 g/mol. The Balaban J connectivity index is 2.22. The Bertz CT molecular complexity index is 433. The molecule has 1 fully saturated rings. The number of nitrogens with one attached hydrogen (secondary N) is 2. The number of anilines is 3. The molecule has 0 amide bonds. The summed E-state index contributed by atoms with van der Waals surface area (Å²) in [6.07, 6.45) is 2.04. The number of aromatic nitrogens is 3. The maximum Gasteiger partial charge on any atom is 0.232 e. The van der Waals surface area contributed by atoms with Gasteiger partial charge in [0.05, 0.1) is 13.2 Å². The standard InChI is InChI=1S/C15H28N6O/c1-5-11(3)16-13-18-14(17-12(4)6-2)20-15(19-13)21-7-9-22-10-8-21/h11-12H,5-10H2,1-4H3,(H2,16,17,18,19,20). The molecule has 1 saturated heterocycles. The molecule has 1 aliphatic heterocycles. The van der Waals surface area contributed by atoms with E-state index in [1.54, 1.807) is 0 Å². The second-order valence-corrected chi connectivity index (χ2v) is 5.79. The van der Waals surface area contributed by atoms with Crippen molar-refractivity contribution in [2.45, 2.75) is 52.6 Å². The summed E-state index contributed by atoms with van der Waals surface area (Å²) >= 11 is 0. The second-order valence-electron chi connectivity index (χ2n) is 5.79. The van der Waals surface area contributed by atoms with Crippen molar-refractivity contribution in [3.63, 3.8) is 0 Å². The first-order valence-electron chi connectivity index (χ1n) is 8.24. The van der Waals surface area contributed by atoms with Crippen LogP contribution in [0, 0.1) is 0 Å². The maximum absolute atomic E-state index is 5.40. The summed E-state index contributed by atoms with van der Waals surface area (Å²) in [4.78, 5) is 15.8. The summed E-state index contributed by atoms with van der Waals surface area (Å²) in [5.74, 6) is 1.99. The highest BCUT2D eigenvalue weighted by Gasteiger charge is 2.17. The fourth-order valence-corrected chi connectivity index (χ4v) is 2.04. The lowest BCUT2D eigenvalue weighted by atomic mass is 10.3. The van der Waals surface area contributed by atoms with Crippen molar-refractivity contribution in [1.82, 2.24) is 15.0 Å². The summed E-state index contributed by atoms with van der Waals surface area (Å²) in [7, 11) is 0. The van der Waals surface area contributed by atoms with Crippen LogP contribution in [0.2, 0.25) is 0 Å². The van der Waals surface area contributed by atoms with E-state index >= 15 is 0 Å². The minimum absolute atomic E-state index is 0.330. The molecule has 0 saturated carbocycles. The molecule has 0 bridgehead atoms. The third-order valence-electron chi connectivity index (χ3n) is 3.89. The minimum atomic E-state index is 0.330. The van der Waals surface area contributed by atoms with Gasteiger partial charge in [0.15, 0.2) is 0 Å². The van der Waals surface area contributed by atoms with E-state index in [9.17, 15) is 0 Å². The van der Waals surface area contributed by atoms with Crippen molar-refractivity contribution < 1.29 is 4.74 Å². The van der Waals surface area contributed by atoms with Gasteiger partial charge in [0.2, 0.25) is 17.8 Å². The SMILES string of the molecule is CCC(C)Nc1nc(NC(C)CC)nc(N2CCOCC2)n1. The molecule has 0 aromatic carbocycles. The second kappa shape index (κ2) is 8.12. The molecular formula is C15H28N6O. The Hall–Kier alpha value is -1.63. The van der Waals surface area contributed by atoms with E-state index < -0.39 is 0 Å². The molecule has 2 rings (SSSR count). The molecule has 124 valence electrons. The quantitative estimate of drug-likeness (QED) is 0.799. The van der Waals surface area contributed by atoms with Crippen LogP contribution in [-0.4, -0.2) is 53.3 Å². The van der Waals surface area contributed by atoms with Crippen molar-refractivity contribution in [1.29, 1.82) is 0 Å². The van der Waals surface area contributed by atoms with E-state index in [2.05, 4.69) is 58.2 Å². The normalized spacial score (nSPS) is 17.9. The molecule has 1 aliphatic rings. The fourth-order valence-electron chi connectivity index (χ4n) is 2.04. The molecule has 2 heterocycles. The summed E-state index contributed by atoms with van der Waals surface area (Å²) in [6.45, 7) is 11.6. The topological polar surface area (TPSA) is 75.2 Å². The molecule has 0 spiro atoms. The number of hydrogen-bond donors (Lipinski definition) is 2. The summed E-state index contributed by atoms with van der Waals surface area (Å²) < 4.78 is 5.40. The predicted octanol–water partition coefficient (Wildman–Crippen LogP) is 2.13. The Morgan fingerprint density at radius 2 is 1.45 bits per heavy atom. The highest BCUT2D eigenvalue weighted by Crippen LogP contribution is 2.16. The van der Waals surface area contributed by atoms with E-state index in [0.717, 1.165) is 31.9 Å². The van der Waals surface area contributed by atoms with Crippen LogP contribution in [0.15, 0.2) is 0 Å². The molecule has 22 heavy (non-hydrogen) atoms. The van der Waals surface area contributed by atoms with E-state index in [4.69, 9.17) is 4.74 Å². The Labute approximate surface area is 132 Å². The lowest BCUT2D eigenvalue weighted by molar-refractivity contribution is 0.122. The van der Waals surface area contributed by atoms with Crippen LogP contribution >= 0.6 is 0 Å². The molecule has 0 aliphatic carbocycles. The van der Waals surface area contributed by atoms with Crippen LogP contribution in [0.3, 0.4) is 0 Å². The minimum Gasteiger partial charge on any atom is -0.378 e. The van der Waals surface area contributed by atoms with Gasteiger partial charge in [0, 0.05) is 25.2 Å². The number of morpholine rings is 1. The molecule has 2 N–H and O–H groups in total. The van der Waals surface area contributed by atoms with Crippen LogP contribution in [0.4, 0.5) is 17.8 Å². The molecule has 2 unspecified atom stereocenters. The van der Waals surface area contributed by atoms with Crippen molar-refractivity contribution in [3.05, 3.63) is 0 Å². The number of nitrogens with zero attached hydrogens (tertiary/aromatic N) is 4.